The third-order valence-electron chi connectivity index (χ3n) is 11.8. The molecule has 0 fully saturated rings. The quantitative estimate of drug-likeness (QED) is 0.120. The Hall–Kier alpha value is -6.74. The molecule has 0 saturated carbocycles. The van der Waals surface area contributed by atoms with Gasteiger partial charge in [0, 0.05) is 26.9 Å². The zero-order chi connectivity index (χ0) is 37.9. The largest absolute Gasteiger partial charge is 0.309 e. The van der Waals surface area contributed by atoms with Crippen LogP contribution in [0.2, 0.25) is 0 Å². The number of halogens is 1. The Bertz CT molecular complexity index is 3190. The highest BCUT2D eigenvalue weighted by Crippen LogP contribution is 2.47. The highest BCUT2D eigenvalue weighted by atomic mass is 79.9. The van der Waals surface area contributed by atoms with Crippen LogP contribution in [0.4, 0.5) is 17.1 Å². The lowest BCUT2D eigenvalue weighted by atomic mass is 9.81. The second-order valence-corrected chi connectivity index (χ2v) is 15.9. The minimum Gasteiger partial charge on any atom is -0.309 e. The van der Waals surface area contributed by atoms with Crippen molar-refractivity contribution in [3.63, 3.8) is 0 Å². The molecule has 2 heteroatoms. The number of nitrogens with zero attached hydrogens (tertiary/aromatic N) is 1. The predicted molar refractivity (Wildman–Crippen MR) is 248 cm³/mol. The van der Waals surface area contributed by atoms with E-state index in [0.29, 0.717) is 0 Å². The summed E-state index contributed by atoms with van der Waals surface area (Å²) in [5.74, 6) is 0.0121. The molecule has 1 unspecified atom stereocenters. The molecule has 0 aliphatic rings. The van der Waals surface area contributed by atoms with Crippen LogP contribution in [0.15, 0.2) is 217 Å². The normalized spacial score (nSPS) is 12.2. The average Bonchev–Trinajstić information content (AvgIpc) is 3.28. The van der Waals surface area contributed by atoms with Crippen molar-refractivity contribution < 1.29 is 0 Å². The summed E-state index contributed by atoms with van der Waals surface area (Å²) in [7, 11) is 0. The molecular weight excluding hydrogens is 755 g/mol. The van der Waals surface area contributed by atoms with E-state index in [2.05, 4.69) is 233 Å². The molecule has 268 valence electrons. The Morgan fingerprint density at radius 1 is 0.316 bits per heavy atom. The molecule has 0 amide bonds. The van der Waals surface area contributed by atoms with E-state index >= 15 is 0 Å². The van der Waals surface area contributed by atoms with E-state index in [-0.39, 0.29) is 5.92 Å². The summed E-state index contributed by atoms with van der Waals surface area (Å²) >= 11 is 3.71. The molecule has 1 nitrogen and oxygen atoms in total. The van der Waals surface area contributed by atoms with Crippen molar-refractivity contribution in [2.75, 3.05) is 4.90 Å². The Morgan fingerprint density at radius 2 is 0.667 bits per heavy atom. The Labute approximate surface area is 340 Å². The summed E-state index contributed by atoms with van der Waals surface area (Å²) in [4.78, 5) is 2.49. The lowest BCUT2D eigenvalue weighted by molar-refractivity contribution is 0.990. The van der Waals surface area contributed by atoms with Crippen molar-refractivity contribution >= 4 is 97.6 Å². The van der Waals surface area contributed by atoms with Crippen LogP contribution < -0.4 is 4.90 Å². The maximum absolute atomic E-state index is 3.71. The van der Waals surface area contributed by atoms with Gasteiger partial charge in [-0.15, -0.1) is 0 Å². The molecule has 0 bridgehead atoms. The smallest absolute Gasteiger partial charge is 0.0546 e. The van der Waals surface area contributed by atoms with Gasteiger partial charge in [0.15, 0.2) is 0 Å². The number of hydrogen-bond donors (Lipinski definition) is 0. The lowest BCUT2D eigenvalue weighted by Crippen LogP contribution is -2.12. The van der Waals surface area contributed by atoms with Gasteiger partial charge in [0.2, 0.25) is 0 Å². The fourth-order valence-corrected chi connectivity index (χ4v) is 9.46. The first-order valence-electron chi connectivity index (χ1n) is 19.6. The van der Waals surface area contributed by atoms with E-state index < -0.39 is 0 Å². The fraction of sp³-hybridized carbons (Fsp3) is 0.0182. The van der Waals surface area contributed by atoms with Crippen LogP contribution in [0.5, 0.6) is 0 Å². The molecule has 11 rings (SSSR count). The number of fused-ring (bicyclic) bond motifs is 9. The van der Waals surface area contributed by atoms with E-state index in [1.165, 1.54) is 81.3 Å². The summed E-state index contributed by atoms with van der Waals surface area (Å²) in [5, 5.41) is 15.0. The van der Waals surface area contributed by atoms with E-state index in [0.717, 1.165) is 21.5 Å². The standard InChI is InChI=1S/C55H36BrN/c56-41-29-25-36(26-30-41)55(52-33-38-13-1-4-16-43(38)46-19-7-8-22-49(46)52)37-27-31-42(32-28-37)57(53-34-39-14-2-5-17-44(39)47-20-9-11-23-50(47)53)54-35-40-15-3-6-18-45(40)48-21-10-12-24-51(48)54/h1-35,55H. The summed E-state index contributed by atoms with van der Waals surface area (Å²) in [6.45, 7) is 0. The van der Waals surface area contributed by atoms with Crippen LogP contribution in [-0.2, 0) is 0 Å². The van der Waals surface area contributed by atoms with E-state index in [1.54, 1.807) is 0 Å². The van der Waals surface area contributed by atoms with Gasteiger partial charge in [0.05, 0.1) is 11.4 Å². The van der Waals surface area contributed by atoms with Crippen molar-refractivity contribution in [1.82, 2.24) is 0 Å². The molecule has 0 saturated heterocycles. The van der Waals surface area contributed by atoms with Gasteiger partial charge in [0.25, 0.3) is 0 Å². The van der Waals surface area contributed by atoms with Crippen LogP contribution >= 0.6 is 15.9 Å². The Morgan fingerprint density at radius 3 is 1.14 bits per heavy atom. The molecular formula is C55H36BrN. The van der Waals surface area contributed by atoms with Gasteiger partial charge in [-0.2, -0.15) is 0 Å². The number of anilines is 3. The number of benzene rings is 11. The molecule has 0 aromatic heterocycles. The molecule has 11 aromatic rings. The van der Waals surface area contributed by atoms with Gasteiger partial charge in [-0.1, -0.05) is 186 Å². The second-order valence-electron chi connectivity index (χ2n) is 15.0. The fourth-order valence-electron chi connectivity index (χ4n) is 9.19. The third-order valence-corrected chi connectivity index (χ3v) is 12.3. The van der Waals surface area contributed by atoms with Crippen LogP contribution in [0.3, 0.4) is 0 Å². The summed E-state index contributed by atoms with van der Waals surface area (Å²) in [6.07, 6.45) is 0. The lowest BCUT2D eigenvalue weighted by Gasteiger charge is -2.30. The van der Waals surface area contributed by atoms with Crippen molar-refractivity contribution in [2.24, 2.45) is 0 Å². The van der Waals surface area contributed by atoms with E-state index in [4.69, 9.17) is 0 Å². The molecule has 1 atom stereocenters. The van der Waals surface area contributed by atoms with Gasteiger partial charge in [0.1, 0.15) is 0 Å². The van der Waals surface area contributed by atoms with Gasteiger partial charge >= 0.3 is 0 Å². The first-order valence-corrected chi connectivity index (χ1v) is 20.4. The van der Waals surface area contributed by atoms with Gasteiger partial charge < -0.3 is 4.90 Å². The zero-order valence-corrected chi connectivity index (χ0v) is 32.7. The van der Waals surface area contributed by atoms with Crippen LogP contribution in [0.1, 0.15) is 22.6 Å². The van der Waals surface area contributed by atoms with Crippen LogP contribution in [0.25, 0.3) is 64.6 Å². The molecule has 11 aromatic carbocycles. The maximum Gasteiger partial charge on any atom is 0.0546 e. The maximum atomic E-state index is 3.71. The molecule has 0 aliphatic carbocycles. The van der Waals surface area contributed by atoms with Gasteiger partial charge in [-0.3, -0.25) is 0 Å². The first-order chi connectivity index (χ1) is 28.2. The molecule has 0 heterocycles. The van der Waals surface area contributed by atoms with Gasteiger partial charge in [-0.25, -0.2) is 0 Å². The van der Waals surface area contributed by atoms with Crippen LogP contribution in [-0.4, -0.2) is 0 Å². The minimum absolute atomic E-state index is 0.0121. The van der Waals surface area contributed by atoms with Crippen molar-refractivity contribution in [3.05, 3.63) is 233 Å². The second kappa shape index (κ2) is 13.8. The molecule has 0 spiro atoms. The van der Waals surface area contributed by atoms with Gasteiger partial charge in [-0.05, 0) is 113 Å². The van der Waals surface area contributed by atoms with E-state index in [9.17, 15) is 0 Å². The van der Waals surface area contributed by atoms with Crippen LogP contribution in [0, 0.1) is 0 Å². The van der Waals surface area contributed by atoms with Crippen molar-refractivity contribution in [2.45, 2.75) is 5.92 Å². The number of hydrogen-bond acceptors (Lipinski definition) is 1. The Balaban J connectivity index is 1.17. The summed E-state index contributed by atoms with van der Waals surface area (Å²) in [5.41, 5.74) is 7.22. The predicted octanol–water partition coefficient (Wildman–Crippen LogP) is 16.0. The topological polar surface area (TPSA) is 3.24 Å². The van der Waals surface area contributed by atoms with Crippen molar-refractivity contribution in [1.29, 1.82) is 0 Å². The molecule has 0 aliphatic heterocycles. The highest BCUT2D eigenvalue weighted by molar-refractivity contribution is 9.10. The SMILES string of the molecule is Brc1ccc(C(c2ccc(N(c3cc4ccccc4c4ccccc34)c3cc4ccccc4c4ccccc34)cc2)c2cc3ccccc3c3ccccc23)cc1. The summed E-state index contributed by atoms with van der Waals surface area (Å²) in [6, 6.07) is 78.3. The molecule has 57 heavy (non-hydrogen) atoms. The monoisotopic (exact) mass is 789 g/mol. The average molecular weight is 791 g/mol. The van der Waals surface area contributed by atoms with E-state index in [1.807, 2.05) is 0 Å². The minimum atomic E-state index is 0.0121. The summed E-state index contributed by atoms with van der Waals surface area (Å²) < 4.78 is 1.07. The van der Waals surface area contributed by atoms with Crippen molar-refractivity contribution in [3.8, 4) is 0 Å². The molecule has 0 N–H and O–H groups in total. The molecule has 0 radical (unpaired) electrons. The highest BCUT2D eigenvalue weighted by Gasteiger charge is 2.24. The third kappa shape index (κ3) is 5.67. The first kappa shape index (κ1) is 33.6. The zero-order valence-electron chi connectivity index (χ0n) is 31.1. The Kier molecular flexibility index (Phi) is 8.12. The number of rotatable bonds is 6.